The summed E-state index contributed by atoms with van der Waals surface area (Å²) < 4.78 is 1.29. The fraction of sp³-hybridized carbons (Fsp3) is 0.500. The Morgan fingerprint density at radius 3 is 2.50 bits per heavy atom. The number of amides is 1. The second-order valence-electron chi connectivity index (χ2n) is 4.95. The van der Waals surface area contributed by atoms with E-state index in [4.69, 9.17) is 5.11 Å². The number of nitrogens with one attached hydrogen (secondary N) is 1. The minimum absolute atomic E-state index is 0.0479. The fourth-order valence-corrected chi connectivity index (χ4v) is 1.80. The van der Waals surface area contributed by atoms with Crippen LogP contribution in [-0.2, 0) is 11.8 Å². The van der Waals surface area contributed by atoms with Crippen LogP contribution in [0.15, 0.2) is 12.3 Å². The molecule has 8 heteroatoms. The van der Waals surface area contributed by atoms with E-state index in [1.165, 1.54) is 17.8 Å². The van der Waals surface area contributed by atoms with Crippen molar-refractivity contribution in [2.75, 3.05) is 0 Å². The molecule has 110 valence electrons. The molecule has 0 aromatic carbocycles. The van der Waals surface area contributed by atoms with Crippen LogP contribution in [0.2, 0.25) is 0 Å². The van der Waals surface area contributed by atoms with Gasteiger partial charge in [-0.15, -0.1) is 0 Å². The highest BCUT2D eigenvalue weighted by molar-refractivity contribution is 5.96. The summed E-state index contributed by atoms with van der Waals surface area (Å²) in [6.07, 6.45) is 1.49. The Morgan fingerprint density at radius 2 is 2.10 bits per heavy atom. The van der Waals surface area contributed by atoms with Gasteiger partial charge in [-0.1, -0.05) is 13.8 Å². The summed E-state index contributed by atoms with van der Waals surface area (Å²) in [5.74, 6) is -1.68. The summed E-state index contributed by atoms with van der Waals surface area (Å²) in [4.78, 5) is 33.1. The predicted octanol–water partition coefficient (Wildman–Crippen LogP) is 1.16. The van der Waals surface area contributed by atoms with Crippen LogP contribution in [0.5, 0.6) is 0 Å². The molecule has 0 unspecified atom stereocenters. The number of rotatable bonds is 6. The van der Waals surface area contributed by atoms with E-state index >= 15 is 0 Å². The summed E-state index contributed by atoms with van der Waals surface area (Å²) in [5.41, 5.74) is -0.167. The first-order valence-electron chi connectivity index (χ1n) is 6.06. The number of carbonyl (C=O) groups excluding carboxylic acids is 1. The normalized spacial score (nSPS) is 12.2. The third kappa shape index (κ3) is 3.81. The second kappa shape index (κ2) is 6.18. The molecule has 1 amide bonds. The summed E-state index contributed by atoms with van der Waals surface area (Å²) >= 11 is 0. The first-order chi connectivity index (χ1) is 9.22. The molecule has 0 saturated heterocycles. The van der Waals surface area contributed by atoms with Gasteiger partial charge in [0.1, 0.15) is 11.7 Å². The lowest BCUT2D eigenvalue weighted by molar-refractivity contribution is -0.384. The van der Waals surface area contributed by atoms with Gasteiger partial charge in [-0.2, -0.15) is 0 Å². The summed E-state index contributed by atoms with van der Waals surface area (Å²) in [5, 5.41) is 22.1. The molecule has 0 aliphatic rings. The SMILES string of the molecule is CC(C)C[C@@H](NC(=O)c1cc([N+](=O)[O-])cn1C)C(=O)O. The van der Waals surface area contributed by atoms with E-state index in [-0.39, 0.29) is 23.7 Å². The average Bonchev–Trinajstić information content (AvgIpc) is 2.69. The number of carboxylic acid groups (broad SMARTS) is 1. The van der Waals surface area contributed by atoms with Crippen LogP contribution < -0.4 is 5.32 Å². The van der Waals surface area contributed by atoms with Gasteiger partial charge in [-0.05, 0) is 12.3 Å². The van der Waals surface area contributed by atoms with Crippen molar-refractivity contribution < 1.29 is 19.6 Å². The largest absolute Gasteiger partial charge is 0.480 e. The Hall–Kier alpha value is -2.38. The number of nitrogens with zero attached hydrogens (tertiary/aromatic N) is 2. The van der Waals surface area contributed by atoms with Crippen LogP contribution in [0, 0.1) is 16.0 Å². The number of hydrogen-bond donors (Lipinski definition) is 2. The molecule has 0 aliphatic carbocycles. The highest BCUT2D eigenvalue weighted by Crippen LogP contribution is 2.15. The number of aliphatic carboxylic acids is 1. The minimum Gasteiger partial charge on any atom is -0.480 e. The molecule has 8 nitrogen and oxygen atoms in total. The van der Waals surface area contributed by atoms with E-state index < -0.39 is 22.8 Å². The van der Waals surface area contributed by atoms with Crippen molar-refractivity contribution in [2.24, 2.45) is 13.0 Å². The molecule has 1 aromatic rings. The van der Waals surface area contributed by atoms with Crippen LogP contribution in [0.1, 0.15) is 30.8 Å². The molecule has 2 N–H and O–H groups in total. The maximum absolute atomic E-state index is 12.0. The average molecular weight is 283 g/mol. The number of aryl methyl sites for hydroxylation is 1. The molecule has 0 bridgehead atoms. The molecular formula is C12H17N3O5. The van der Waals surface area contributed by atoms with Gasteiger partial charge in [0.2, 0.25) is 0 Å². The van der Waals surface area contributed by atoms with E-state index in [1.807, 2.05) is 13.8 Å². The number of carboxylic acids is 1. The lowest BCUT2D eigenvalue weighted by Crippen LogP contribution is -2.42. The van der Waals surface area contributed by atoms with Crippen molar-refractivity contribution in [3.8, 4) is 0 Å². The van der Waals surface area contributed by atoms with E-state index in [2.05, 4.69) is 5.32 Å². The highest BCUT2D eigenvalue weighted by atomic mass is 16.6. The van der Waals surface area contributed by atoms with Crippen LogP contribution >= 0.6 is 0 Å². The quantitative estimate of drug-likeness (QED) is 0.600. The molecule has 1 rings (SSSR count). The molecule has 0 spiro atoms. The zero-order valence-corrected chi connectivity index (χ0v) is 11.5. The van der Waals surface area contributed by atoms with Gasteiger partial charge in [-0.25, -0.2) is 4.79 Å². The summed E-state index contributed by atoms with van der Waals surface area (Å²) in [6, 6.07) is 0.0975. The first kappa shape index (κ1) is 15.7. The molecule has 20 heavy (non-hydrogen) atoms. The van der Waals surface area contributed by atoms with E-state index in [0.29, 0.717) is 0 Å². The maximum Gasteiger partial charge on any atom is 0.326 e. The third-order valence-corrected chi connectivity index (χ3v) is 2.74. The lowest BCUT2D eigenvalue weighted by atomic mass is 10.0. The Morgan fingerprint density at radius 1 is 1.50 bits per heavy atom. The smallest absolute Gasteiger partial charge is 0.326 e. The Labute approximate surface area is 115 Å². The van der Waals surface area contributed by atoms with E-state index in [9.17, 15) is 19.7 Å². The molecule has 0 fully saturated rings. The van der Waals surface area contributed by atoms with Crippen molar-refractivity contribution in [1.29, 1.82) is 0 Å². The minimum atomic E-state index is -1.13. The van der Waals surface area contributed by atoms with Gasteiger partial charge >= 0.3 is 5.97 Å². The number of carbonyl (C=O) groups is 2. The first-order valence-corrected chi connectivity index (χ1v) is 6.06. The molecule has 0 radical (unpaired) electrons. The van der Waals surface area contributed by atoms with Gasteiger partial charge < -0.3 is 15.0 Å². The molecular weight excluding hydrogens is 266 g/mol. The van der Waals surface area contributed by atoms with Gasteiger partial charge in [0.25, 0.3) is 11.6 Å². The number of nitro groups is 1. The van der Waals surface area contributed by atoms with Gasteiger partial charge in [0.15, 0.2) is 0 Å². The molecule has 1 heterocycles. The maximum atomic E-state index is 12.0. The zero-order valence-electron chi connectivity index (χ0n) is 11.5. The Bertz CT molecular complexity index is 535. The second-order valence-corrected chi connectivity index (χ2v) is 4.95. The molecule has 0 aliphatic heterocycles. The fourth-order valence-electron chi connectivity index (χ4n) is 1.80. The third-order valence-electron chi connectivity index (χ3n) is 2.74. The van der Waals surface area contributed by atoms with Gasteiger partial charge in [-0.3, -0.25) is 14.9 Å². The number of aromatic nitrogens is 1. The van der Waals surface area contributed by atoms with Crippen molar-refractivity contribution in [3.63, 3.8) is 0 Å². The molecule has 0 saturated carbocycles. The van der Waals surface area contributed by atoms with Crippen LogP contribution in [0.3, 0.4) is 0 Å². The predicted molar refractivity (Wildman–Crippen MR) is 70.4 cm³/mol. The molecule has 1 atom stereocenters. The summed E-state index contributed by atoms with van der Waals surface area (Å²) in [6.45, 7) is 3.69. The van der Waals surface area contributed by atoms with Crippen LogP contribution in [0.4, 0.5) is 5.69 Å². The summed E-state index contributed by atoms with van der Waals surface area (Å²) in [7, 11) is 1.49. The molecule has 1 aromatic heterocycles. The van der Waals surface area contributed by atoms with Crippen molar-refractivity contribution in [2.45, 2.75) is 26.3 Å². The Kier molecular flexibility index (Phi) is 4.84. The highest BCUT2D eigenvalue weighted by Gasteiger charge is 2.24. The van der Waals surface area contributed by atoms with Crippen molar-refractivity contribution in [1.82, 2.24) is 9.88 Å². The standard InChI is InChI=1S/C12H17N3O5/c1-7(2)4-9(12(17)18)13-11(16)10-5-8(15(19)20)6-14(10)3/h5-7,9H,4H2,1-3H3,(H,13,16)(H,17,18)/t9-/m1/s1. The zero-order chi connectivity index (χ0) is 15.4. The van der Waals surface area contributed by atoms with Crippen molar-refractivity contribution >= 4 is 17.6 Å². The van der Waals surface area contributed by atoms with Crippen LogP contribution in [0.25, 0.3) is 0 Å². The lowest BCUT2D eigenvalue weighted by Gasteiger charge is -2.16. The van der Waals surface area contributed by atoms with Gasteiger partial charge in [0, 0.05) is 13.1 Å². The van der Waals surface area contributed by atoms with E-state index in [1.54, 1.807) is 0 Å². The topological polar surface area (TPSA) is 114 Å². The van der Waals surface area contributed by atoms with Crippen LogP contribution in [-0.4, -0.2) is 32.5 Å². The van der Waals surface area contributed by atoms with Gasteiger partial charge in [0.05, 0.1) is 11.1 Å². The van der Waals surface area contributed by atoms with Crippen molar-refractivity contribution in [3.05, 3.63) is 28.1 Å². The Balaban J connectivity index is 2.89. The number of hydrogen-bond acceptors (Lipinski definition) is 4. The monoisotopic (exact) mass is 283 g/mol. The van der Waals surface area contributed by atoms with E-state index in [0.717, 1.165) is 6.07 Å².